The molecule has 0 bridgehead atoms. The molecule has 4 atom stereocenters. The number of benzene rings is 1. The van der Waals surface area contributed by atoms with E-state index in [1.165, 1.54) is 0 Å². The van der Waals surface area contributed by atoms with E-state index >= 15 is 0 Å². The first-order valence-electron chi connectivity index (χ1n) is 8.65. The van der Waals surface area contributed by atoms with Crippen molar-refractivity contribution in [2.45, 2.75) is 62.8 Å². The van der Waals surface area contributed by atoms with Crippen LogP contribution in [0.15, 0.2) is 30.3 Å². The molecule has 1 aromatic rings. The molecule has 5 nitrogen and oxygen atoms in total. The Kier molecular flexibility index (Phi) is 5.51. The Morgan fingerprint density at radius 1 is 1.13 bits per heavy atom. The van der Waals surface area contributed by atoms with Crippen LogP contribution in [0, 0.1) is 0 Å². The van der Waals surface area contributed by atoms with Crippen molar-refractivity contribution in [2.24, 2.45) is 0 Å². The zero-order valence-corrected chi connectivity index (χ0v) is 13.4. The number of rotatable bonds is 4. The quantitative estimate of drug-likeness (QED) is 0.799. The minimum absolute atomic E-state index is 0.0134. The maximum absolute atomic E-state index is 12.4. The van der Waals surface area contributed by atoms with Crippen LogP contribution in [0.3, 0.4) is 0 Å². The number of aliphatic hydroxyl groups is 1. The SMILES string of the molecule is O=C(NC1CCCCC1O)NC(c1ccccc1)C1CCCO1. The Balaban J connectivity index is 1.64. The monoisotopic (exact) mass is 318 g/mol. The third-order valence-electron chi connectivity index (χ3n) is 4.83. The van der Waals surface area contributed by atoms with Gasteiger partial charge in [-0.15, -0.1) is 0 Å². The van der Waals surface area contributed by atoms with Gasteiger partial charge >= 0.3 is 6.03 Å². The fourth-order valence-corrected chi connectivity index (χ4v) is 3.55. The van der Waals surface area contributed by atoms with Gasteiger partial charge in [0.05, 0.1) is 24.3 Å². The van der Waals surface area contributed by atoms with Gasteiger partial charge in [-0.05, 0) is 31.2 Å². The average Bonchev–Trinajstić information content (AvgIpc) is 3.10. The van der Waals surface area contributed by atoms with Gasteiger partial charge in [0.2, 0.25) is 0 Å². The highest BCUT2D eigenvalue weighted by Crippen LogP contribution is 2.27. The third kappa shape index (κ3) is 4.24. The molecular weight excluding hydrogens is 292 g/mol. The van der Waals surface area contributed by atoms with Crippen molar-refractivity contribution in [3.05, 3.63) is 35.9 Å². The number of aliphatic hydroxyl groups excluding tert-OH is 1. The number of amides is 2. The molecule has 5 heteroatoms. The highest BCUT2D eigenvalue weighted by atomic mass is 16.5. The molecule has 0 aromatic heterocycles. The Bertz CT molecular complexity index is 502. The van der Waals surface area contributed by atoms with Crippen molar-refractivity contribution in [1.82, 2.24) is 10.6 Å². The number of carbonyl (C=O) groups is 1. The van der Waals surface area contributed by atoms with Gasteiger partial charge in [-0.2, -0.15) is 0 Å². The lowest BCUT2D eigenvalue weighted by Crippen LogP contribution is -2.50. The van der Waals surface area contributed by atoms with E-state index in [1.807, 2.05) is 30.3 Å². The highest BCUT2D eigenvalue weighted by Gasteiger charge is 2.30. The number of hydrogen-bond donors (Lipinski definition) is 3. The number of carbonyl (C=O) groups excluding carboxylic acids is 1. The fourth-order valence-electron chi connectivity index (χ4n) is 3.55. The molecule has 1 aliphatic heterocycles. The van der Waals surface area contributed by atoms with E-state index in [1.54, 1.807) is 0 Å². The molecule has 1 aliphatic carbocycles. The fraction of sp³-hybridized carbons (Fsp3) is 0.611. The molecular formula is C18H26N2O3. The molecule has 0 spiro atoms. The predicted molar refractivity (Wildman–Crippen MR) is 88.1 cm³/mol. The first-order chi connectivity index (χ1) is 11.2. The van der Waals surface area contributed by atoms with Crippen molar-refractivity contribution in [1.29, 1.82) is 0 Å². The summed E-state index contributed by atoms with van der Waals surface area (Å²) in [7, 11) is 0. The maximum Gasteiger partial charge on any atom is 0.315 e. The lowest BCUT2D eigenvalue weighted by Gasteiger charge is -2.30. The van der Waals surface area contributed by atoms with Crippen LogP contribution in [-0.4, -0.2) is 36.0 Å². The Morgan fingerprint density at radius 2 is 1.91 bits per heavy atom. The van der Waals surface area contributed by atoms with Gasteiger partial charge in [0.15, 0.2) is 0 Å². The number of urea groups is 1. The van der Waals surface area contributed by atoms with Crippen molar-refractivity contribution in [2.75, 3.05) is 6.61 Å². The summed E-state index contributed by atoms with van der Waals surface area (Å²) in [6.45, 7) is 0.749. The van der Waals surface area contributed by atoms with Crippen LogP contribution in [0.5, 0.6) is 0 Å². The van der Waals surface area contributed by atoms with E-state index in [0.717, 1.165) is 50.7 Å². The second-order valence-electron chi connectivity index (χ2n) is 6.52. The maximum atomic E-state index is 12.4. The Morgan fingerprint density at radius 3 is 2.61 bits per heavy atom. The smallest absolute Gasteiger partial charge is 0.315 e. The highest BCUT2D eigenvalue weighted by molar-refractivity contribution is 5.75. The summed E-state index contributed by atoms with van der Waals surface area (Å²) in [6.07, 6.45) is 5.24. The molecule has 3 N–H and O–H groups in total. The summed E-state index contributed by atoms with van der Waals surface area (Å²) in [5, 5.41) is 16.0. The van der Waals surface area contributed by atoms with Crippen molar-refractivity contribution in [3.63, 3.8) is 0 Å². The Labute approximate surface area is 137 Å². The van der Waals surface area contributed by atoms with Crippen molar-refractivity contribution < 1.29 is 14.6 Å². The molecule has 1 saturated heterocycles. The van der Waals surface area contributed by atoms with Gasteiger partial charge < -0.3 is 20.5 Å². The van der Waals surface area contributed by atoms with Crippen LogP contribution < -0.4 is 10.6 Å². The molecule has 4 unspecified atom stereocenters. The largest absolute Gasteiger partial charge is 0.391 e. The first-order valence-corrected chi connectivity index (χ1v) is 8.65. The molecule has 1 heterocycles. The van der Waals surface area contributed by atoms with Crippen LogP contribution in [0.25, 0.3) is 0 Å². The van der Waals surface area contributed by atoms with Gasteiger partial charge in [-0.25, -0.2) is 4.79 Å². The molecule has 2 aliphatic rings. The summed E-state index contributed by atoms with van der Waals surface area (Å²) in [5.74, 6) is 0. The summed E-state index contributed by atoms with van der Waals surface area (Å²) < 4.78 is 5.79. The zero-order chi connectivity index (χ0) is 16.1. The first kappa shape index (κ1) is 16.3. The minimum Gasteiger partial charge on any atom is -0.391 e. The van der Waals surface area contributed by atoms with E-state index in [4.69, 9.17) is 4.74 Å². The Hall–Kier alpha value is -1.59. The third-order valence-corrected chi connectivity index (χ3v) is 4.83. The standard InChI is InChI=1S/C18H26N2O3/c21-15-10-5-4-9-14(15)19-18(22)20-17(16-11-6-12-23-16)13-7-2-1-3-8-13/h1-3,7-8,14-17,21H,4-6,9-12H2,(H2,19,20,22). The van der Waals surface area contributed by atoms with Crippen molar-refractivity contribution in [3.8, 4) is 0 Å². The molecule has 126 valence electrons. The summed E-state index contributed by atoms with van der Waals surface area (Å²) in [6, 6.07) is 9.42. The lowest BCUT2D eigenvalue weighted by molar-refractivity contribution is 0.0766. The van der Waals surface area contributed by atoms with Crippen LogP contribution in [0.4, 0.5) is 4.79 Å². The van der Waals surface area contributed by atoms with E-state index in [0.29, 0.717) is 0 Å². The van der Waals surface area contributed by atoms with Crippen LogP contribution in [0.2, 0.25) is 0 Å². The summed E-state index contributed by atoms with van der Waals surface area (Å²) in [4.78, 5) is 12.4. The normalized spacial score (nSPS) is 29.0. The van der Waals surface area contributed by atoms with Crippen LogP contribution >= 0.6 is 0 Å². The average molecular weight is 318 g/mol. The molecule has 1 aromatic carbocycles. The van der Waals surface area contributed by atoms with Crippen LogP contribution in [-0.2, 0) is 4.74 Å². The van der Waals surface area contributed by atoms with E-state index < -0.39 is 6.10 Å². The van der Waals surface area contributed by atoms with E-state index in [-0.39, 0.29) is 24.2 Å². The second kappa shape index (κ2) is 7.79. The topological polar surface area (TPSA) is 70.6 Å². The molecule has 2 amide bonds. The number of hydrogen-bond acceptors (Lipinski definition) is 3. The summed E-state index contributed by atoms with van der Waals surface area (Å²) >= 11 is 0. The number of nitrogens with one attached hydrogen (secondary N) is 2. The van der Waals surface area contributed by atoms with Gasteiger partial charge in [0.1, 0.15) is 0 Å². The molecule has 0 radical (unpaired) electrons. The van der Waals surface area contributed by atoms with E-state index in [2.05, 4.69) is 10.6 Å². The molecule has 23 heavy (non-hydrogen) atoms. The summed E-state index contributed by atoms with van der Waals surface area (Å²) in [5.41, 5.74) is 1.05. The van der Waals surface area contributed by atoms with Gasteiger partial charge in [-0.1, -0.05) is 43.2 Å². The van der Waals surface area contributed by atoms with Gasteiger partial charge in [0, 0.05) is 6.61 Å². The second-order valence-corrected chi connectivity index (χ2v) is 6.52. The van der Waals surface area contributed by atoms with Gasteiger partial charge in [-0.3, -0.25) is 0 Å². The van der Waals surface area contributed by atoms with E-state index in [9.17, 15) is 9.90 Å². The molecule has 1 saturated carbocycles. The zero-order valence-electron chi connectivity index (χ0n) is 13.4. The minimum atomic E-state index is -0.438. The van der Waals surface area contributed by atoms with Gasteiger partial charge in [0.25, 0.3) is 0 Å². The predicted octanol–water partition coefficient (Wildman–Crippen LogP) is 2.51. The van der Waals surface area contributed by atoms with Crippen molar-refractivity contribution >= 4 is 6.03 Å². The molecule has 3 rings (SSSR count). The van der Waals surface area contributed by atoms with Crippen LogP contribution in [0.1, 0.15) is 50.1 Å². The molecule has 2 fully saturated rings. The lowest BCUT2D eigenvalue weighted by atomic mass is 9.93. The number of ether oxygens (including phenoxy) is 1.